The molecule has 0 spiro atoms. The Morgan fingerprint density at radius 2 is 1.79 bits per heavy atom. The highest BCUT2D eigenvalue weighted by Gasteiger charge is 2.39. The van der Waals surface area contributed by atoms with Crippen molar-refractivity contribution in [1.29, 1.82) is 0 Å². The van der Waals surface area contributed by atoms with Crippen molar-refractivity contribution < 1.29 is 18.0 Å². The fourth-order valence-corrected chi connectivity index (χ4v) is 5.81. The van der Waals surface area contributed by atoms with Crippen molar-refractivity contribution in [2.75, 3.05) is 11.4 Å². The minimum absolute atomic E-state index is 0.0667. The molecule has 1 atom stereocenters. The summed E-state index contributed by atoms with van der Waals surface area (Å²) in [5, 5.41) is 0. The summed E-state index contributed by atoms with van der Waals surface area (Å²) in [6, 6.07) is 11.4. The quantitative estimate of drug-likeness (QED) is 0.826. The van der Waals surface area contributed by atoms with E-state index in [1.807, 2.05) is 24.3 Å². The highest BCUT2D eigenvalue weighted by molar-refractivity contribution is 7.89. The molecule has 0 bridgehead atoms. The zero-order chi connectivity index (χ0) is 20.8. The van der Waals surface area contributed by atoms with E-state index in [2.05, 4.69) is 0 Å². The molecule has 0 radical (unpaired) electrons. The average Bonchev–Trinajstić information content (AvgIpc) is 2.71. The largest absolute Gasteiger partial charge is 0.368 e. The number of benzene rings is 2. The third-order valence-electron chi connectivity index (χ3n) is 5.69. The lowest BCUT2D eigenvalue weighted by Crippen LogP contribution is -2.51. The second-order valence-corrected chi connectivity index (χ2v) is 9.40. The van der Waals surface area contributed by atoms with Crippen molar-refractivity contribution in [3.8, 4) is 0 Å². The van der Waals surface area contributed by atoms with E-state index < -0.39 is 22.0 Å². The van der Waals surface area contributed by atoms with E-state index >= 15 is 0 Å². The van der Waals surface area contributed by atoms with Gasteiger partial charge in [-0.15, -0.1) is 0 Å². The Morgan fingerprint density at radius 1 is 1.07 bits per heavy atom. The number of anilines is 1. The third-order valence-corrected chi connectivity index (χ3v) is 7.54. The van der Waals surface area contributed by atoms with E-state index in [0.717, 1.165) is 28.8 Å². The van der Waals surface area contributed by atoms with Gasteiger partial charge < -0.3 is 10.6 Å². The first-order valence-corrected chi connectivity index (χ1v) is 11.0. The monoisotopic (exact) mass is 413 g/mol. The van der Waals surface area contributed by atoms with Gasteiger partial charge in [-0.3, -0.25) is 9.59 Å². The van der Waals surface area contributed by atoms with E-state index in [1.54, 1.807) is 17.0 Å². The summed E-state index contributed by atoms with van der Waals surface area (Å²) in [5.41, 5.74) is 8.94. The number of carbonyl (C=O) groups is 2. The van der Waals surface area contributed by atoms with Gasteiger partial charge >= 0.3 is 0 Å². The first kappa shape index (κ1) is 19.6. The maximum Gasteiger partial charge on any atom is 0.244 e. The molecule has 8 heteroatoms. The molecular formula is C21H23N3O4S. The summed E-state index contributed by atoms with van der Waals surface area (Å²) in [4.78, 5) is 25.7. The topological polar surface area (TPSA) is 101 Å². The summed E-state index contributed by atoms with van der Waals surface area (Å²) in [6.07, 6.45) is 1.73. The van der Waals surface area contributed by atoms with Gasteiger partial charge in [-0.25, -0.2) is 8.42 Å². The lowest BCUT2D eigenvalue weighted by Gasteiger charge is -2.34. The summed E-state index contributed by atoms with van der Waals surface area (Å²) in [6.45, 7) is 2.23. The van der Waals surface area contributed by atoms with E-state index in [9.17, 15) is 18.0 Å². The number of fused-ring (bicyclic) bond motifs is 2. The first-order valence-electron chi connectivity index (χ1n) is 9.58. The standard InChI is InChI=1S/C21H23N3O4S/c1-14(25)23-10-4-7-16-11-18(8-9-19(16)23)29(27,28)24-13-17-6-3-2-5-15(17)12-20(24)21(22)26/h2-3,5-6,8-9,11,20H,4,7,10,12-13H2,1H3,(H2,22,26)/t20-/m0/s1. The molecule has 0 unspecified atom stereocenters. The van der Waals surface area contributed by atoms with Crippen LogP contribution in [0.3, 0.4) is 0 Å². The summed E-state index contributed by atoms with van der Waals surface area (Å²) >= 11 is 0. The van der Waals surface area contributed by atoms with Crippen LogP contribution in [0.2, 0.25) is 0 Å². The van der Waals surface area contributed by atoms with E-state index in [4.69, 9.17) is 5.73 Å². The number of nitrogens with two attached hydrogens (primary N) is 1. The number of sulfonamides is 1. The third kappa shape index (κ3) is 3.42. The maximum absolute atomic E-state index is 13.5. The molecule has 2 aliphatic rings. The smallest absolute Gasteiger partial charge is 0.244 e. The molecule has 0 aliphatic carbocycles. The molecular weight excluding hydrogens is 390 g/mol. The Balaban J connectivity index is 1.74. The fourth-order valence-electron chi connectivity index (χ4n) is 4.19. The van der Waals surface area contributed by atoms with Crippen molar-refractivity contribution in [3.63, 3.8) is 0 Å². The number of rotatable bonds is 3. The highest BCUT2D eigenvalue weighted by Crippen LogP contribution is 2.33. The number of carbonyl (C=O) groups excluding carboxylic acids is 2. The van der Waals surface area contributed by atoms with Crippen LogP contribution in [0, 0.1) is 0 Å². The zero-order valence-corrected chi connectivity index (χ0v) is 17.0. The van der Waals surface area contributed by atoms with Crippen molar-refractivity contribution in [2.24, 2.45) is 5.73 Å². The van der Waals surface area contributed by atoms with E-state index in [-0.39, 0.29) is 23.8 Å². The van der Waals surface area contributed by atoms with Crippen LogP contribution < -0.4 is 10.6 Å². The summed E-state index contributed by atoms with van der Waals surface area (Å²) in [5.74, 6) is -0.730. The van der Waals surface area contributed by atoms with Crippen LogP contribution >= 0.6 is 0 Å². The lowest BCUT2D eigenvalue weighted by molar-refractivity contribution is -0.122. The van der Waals surface area contributed by atoms with Crippen LogP contribution in [0.25, 0.3) is 0 Å². The van der Waals surface area contributed by atoms with Gasteiger partial charge in [0.05, 0.1) is 4.90 Å². The molecule has 152 valence electrons. The van der Waals surface area contributed by atoms with Crippen molar-refractivity contribution in [1.82, 2.24) is 4.31 Å². The lowest BCUT2D eigenvalue weighted by atomic mass is 9.96. The molecule has 2 aromatic carbocycles. The molecule has 2 aromatic rings. The molecule has 2 amide bonds. The van der Waals surface area contributed by atoms with Gasteiger partial charge in [-0.1, -0.05) is 24.3 Å². The zero-order valence-electron chi connectivity index (χ0n) is 16.2. The molecule has 2 aliphatic heterocycles. The Morgan fingerprint density at radius 3 is 2.48 bits per heavy atom. The van der Waals surface area contributed by atoms with E-state index in [0.29, 0.717) is 13.0 Å². The van der Waals surface area contributed by atoms with Gasteiger partial charge in [0, 0.05) is 25.7 Å². The number of amides is 2. The van der Waals surface area contributed by atoms with Gasteiger partial charge in [0.2, 0.25) is 21.8 Å². The minimum Gasteiger partial charge on any atom is -0.368 e. The first-order chi connectivity index (χ1) is 13.8. The van der Waals surface area contributed by atoms with Gasteiger partial charge in [0.1, 0.15) is 6.04 Å². The molecule has 0 saturated carbocycles. The number of primary amides is 1. The number of hydrogen-bond donors (Lipinski definition) is 1. The van der Waals surface area contributed by atoms with Crippen LogP contribution in [-0.4, -0.2) is 37.1 Å². The van der Waals surface area contributed by atoms with Crippen LogP contribution in [-0.2, 0) is 39.0 Å². The van der Waals surface area contributed by atoms with E-state index in [1.165, 1.54) is 17.3 Å². The Labute approximate surface area is 170 Å². The molecule has 7 nitrogen and oxygen atoms in total. The predicted octanol–water partition coefficient (Wildman–Crippen LogP) is 1.59. The molecule has 4 rings (SSSR count). The molecule has 2 N–H and O–H groups in total. The number of aryl methyl sites for hydroxylation is 1. The van der Waals surface area contributed by atoms with Crippen LogP contribution in [0.1, 0.15) is 30.0 Å². The Kier molecular flexibility index (Phi) is 4.92. The number of nitrogens with zero attached hydrogens (tertiary/aromatic N) is 2. The molecule has 29 heavy (non-hydrogen) atoms. The van der Waals surface area contributed by atoms with Crippen LogP contribution in [0.5, 0.6) is 0 Å². The van der Waals surface area contributed by atoms with Crippen LogP contribution in [0.15, 0.2) is 47.4 Å². The van der Waals surface area contributed by atoms with Crippen molar-refractivity contribution in [3.05, 3.63) is 59.2 Å². The summed E-state index contributed by atoms with van der Waals surface area (Å²) in [7, 11) is -3.94. The molecule has 0 fully saturated rings. The van der Waals surface area contributed by atoms with Crippen LogP contribution in [0.4, 0.5) is 5.69 Å². The van der Waals surface area contributed by atoms with Gasteiger partial charge in [0.15, 0.2) is 0 Å². The minimum atomic E-state index is -3.94. The fraction of sp³-hybridized carbons (Fsp3) is 0.333. The van der Waals surface area contributed by atoms with Crippen molar-refractivity contribution in [2.45, 2.75) is 43.7 Å². The average molecular weight is 413 g/mol. The normalized spacial score (nSPS) is 19.3. The number of hydrogen-bond acceptors (Lipinski definition) is 4. The molecule has 0 saturated heterocycles. The second-order valence-electron chi connectivity index (χ2n) is 7.51. The SMILES string of the molecule is CC(=O)N1CCCc2cc(S(=O)(=O)N3Cc4ccccc4C[C@H]3C(N)=O)ccc21. The van der Waals surface area contributed by atoms with Gasteiger partial charge in [-0.05, 0) is 54.2 Å². The van der Waals surface area contributed by atoms with Gasteiger partial charge in [0.25, 0.3) is 0 Å². The highest BCUT2D eigenvalue weighted by atomic mass is 32.2. The Bertz CT molecular complexity index is 1100. The maximum atomic E-state index is 13.5. The second kappa shape index (κ2) is 7.27. The predicted molar refractivity (Wildman–Crippen MR) is 109 cm³/mol. The molecule has 0 aromatic heterocycles. The molecule has 2 heterocycles. The Hall–Kier alpha value is -2.71. The van der Waals surface area contributed by atoms with Crippen molar-refractivity contribution >= 4 is 27.5 Å². The summed E-state index contributed by atoms with van der Waals surface area (Å²) < 4.78 is 28.1. The van der Waals surface area contributed by atoms with Gasteiger partial charge in [-0.2, -0.15) is 4.31 Å².